The van der Waals surface area contributed by atoms with Crippen LogP contribution in [0.25, 0.3) is 0 Å². The molecule has 0 N–H and O–H groups in total. The molecule has 1 heterocycles. The van der Waals surface area contributed by atoms with Crippen molar-refractivity contribution in [2.75, 3.05) is 0 Å². The molecule has 0 radical (unpaired) electrons. The van der Waals surface area contributed by atoms with Gasteiger partial charge in [-0.1, -0.05) is 0 Å². The average Bonchev–Trinajstić information content (AvgIpc) is 1.84. The third-order valence-corrected chi connectivity index (χ3v) is 7.13. The van der Waals surface area contributed by atoms with Gasteiger partial charge in [-0.2, -0.15) is 0 Å². The molecule has 0 aromatic rings. The van der Waals surface area contributed by atoms with Gasteiger partial charge in [0.1, 0.15) is 0 Å². The van der Waals surface area contributed by atoms with Crippen molar-refractivity contribution in [3.05, 3.63) is 12.2 Å². The molecule has 40 valence electrons. The number of hydrogen-bond acceptors (Lipinski definition) is 0. The van der Waals surface area contributed by atoms with Crippen LogP contribution in [0.3, 0.4) is 0 Å². The zero-order chi connectivity index (χ0) is 5.33. The molecule has 0 aliphatic carbocycles. The van der Waals surface area contributed by atoms with Crippen LogP contribution in [0.2, 0.25) is 22.0 Å². The predicted molar refractivity (Wildman–Crippen MR) is 36.2 cm³/mol. The van der Waals surface area contributed by atoms with Gasteiger partial charge < -0.3 is 0 Å². The van der Waals surface area contributed by atoms with Crippen LogP contribution >= 0.6 is 0 Å². The van der Waals surface area contributed by atoms with Gasteiger partial charge in [-0.25, -0.2) is 0 Å². The van der Waals surface area contributed by atoms with E-state index in [9.17, 15) is 0 Å². The monoisotopic (exact) mass is 158 g/mol. The summed E-state index contributed by atoms with van der Waals surface area (Å²) in [7, 11) is 0. The molecule has 0 aromatic carbocycles. The van der Waals surface area contributed by atoms with Gasteiger partial charge in [-0.05, 0) is 0 Å². The fraction of sp³-hybridized carbons (Fsp3) is 0.667. The molecular weight excluding hydrogens is 145 g/mol. The summed E-state index contributed by atoms with van der Waals surface area (Å²) in [5, 5.41) is 2.92. The summed E-state index contributed by atoms with van der Waals surface area (Å²) in [6, 6.07) is 0. The fourth-order valence-corrected chi connectivity index (χ4v) is 4.61. The number of allylic oxidation sites excluding steroid dienone is 2. The molecule has 0 aromatic heterocycles. The van der Waals surface area contributed by atoms with E-state index in [1.165, 1.54) is 10.5 Å². The Kier molecular flexibility index (Phi) is 1.28. The van der Waals surface area contributed by atoms with E-state index in [2.05, 4.69) is 23.7 Å². The van der Waals surface area contributed by atoms with Crippen molar-refractivity contribution in [2.24, 2.45) is 0 Å². The average molecular weight is 157 g/mol. The predicted octanol–water partition coefficient (Wildman–Crippen LogP) is 2.26. The summed E-state index contributed by atoms with van der Waals surface area (Å²) in [6.07, 6.45) is 4.69. The molecule has 0 amide bonds. The van der Waals surface area contributed by atoms with E-state index in [-0.39, 0.29) is 0 Å². The zero-order valence-corrected chi connectivity index (χ0v) is 7.17. The first-order chi connectivity index (χ1) is 3.21. The van der Waals surface area contributed by atoms with Crippen molar-refractivity contribution < 1.29 is 0 Å². The van der Waals surface area contributed by atoms with Gasteiger partial charge >= 0.3 is 47.4 Å². The Balaban J connectivity index is 2.49. The van der Waals surface area contributed by atoms with Crippen LogP contribution in [0.15, 0.2) is 12.2 Å². The maximum absolute atomic E-state index is 2.49. The van der Waals surface area contributed by atoms with Crippen molar-refractivity contribution in [2.45, 2.75) is 22.0 Å². The molecule has 0 unspecified atom stereocenters. The van der Waals surface area contributed by atoms with Gasteiger partial charge in [0.25, 0.3) is 0 Å². The van der Waals surface area contributed by atoms with E-state index in [4.69, 9.17) is 0 Å². The fourth-order valence-electron chi connectivity index (χ4n) is 0.888. The van der Waals surface area contributed by atoms with E-state index in [1.54, 1.807) is 0 Å². The van der Waals surface area contributed by atoms with Gasteiger partial charge in [-0.3, -0.25) is 0 Å². The second-order valence-corrected chi connectivity index (χ2v) is 13.8. The first-order valence-electron chi connectivity index (χ1n) is 2.86. The molecule has 0 saturated heterocycles. The maximum atomic E-state index is 2.49. The molecule has 1 aliphatic heterocycles. The summed E-state index contributed by atoms with van der Waals surface area (Å²) >= 11 is -1.08. The van der Waals surface area contributed by atoms with Gasteiger partial charge in [0.2, 0.25) is 0 Å². The summed E-state index contributed by atoms with van der Waals surface area (Å²) in [5.74, 6) is 4.97. The standard InChI is InChI=1S/C6H12Ge/c1-7(2)5-3-4-6-7/h3-4H,5-6H2,1-2H3. The number of rotatable bonds is 0. The Bertz CT molecular complexity index is 82.4. The molecule has 0 atom stereocenters. The molecule has 1 aliphatic rings. The van der Waals surface area contributed by atoms with Crippen molar-refractivity contribution in [3.63, 3.8) is 0 Å². The Morgan fingerprint density at radius 1 is 1.14 bits per heavy atom. The normalized spacial score (nSPS) is 26.0. The van der Waals surface area contributed by atoms with Crippen LogP contribution in [0.5, 0.6) is 0 Å². The van der Waals surface area contributed by atoms with E-state index in [0.717, 1.165) is 0 Å². The van der Waals surface area contributed by atoms with E-state index >= 15 is 0 Å². The quantitative estimate of drug-likeness (QED) is 0.373. The summed E-state index contributed by atoms with van der Waals surface area (Å²) < 4.78 is 0. The van der Waals surface area contributed by atoms with Gasteiger partial charge in [0.05, 0.1) is 0 Å². The van der Waals surface area contributed by atoms with Crippen LogP contribution < -0.4 is 0 Å². The molecule has 0 saturated carbocycles. The molecule has 0 spiro atoms. The van der Waals surface area contributed by atoms with E-state index in [0.29, 0.717) is 0 Å². The second-order valence-electron chi connectivity index (χ2n) is 3.04. The Morgan fingerprint density at radius 3 is 1.71 bits per heavy atom. The first-order valence-corrected chi connectivity index (χ1v) is 10.0. The van der Waals surface area contributed by atoms with Crippen LogP contribution in [0.4, 0.5) is 0 Å². The summed E-state index contributed by atoms with van der Waals surface area (Å²) in [6.45, 7) is 0. The van der Waals surface area contributed by atoms with Crippen LogP contribution in [0.1, 0.15) is 0 Å². The third-order valence-electron chi connectivity index (χ3n) is 1.51. The minimum absolute atomic E-state index is 1.08. The van der Waals surface area contributed by atoms with Crippen molar-refractivity contribution in [1.29, 1.82) is 0 Å². The number of hydrogen-bond donors (Lipinski definition) is 0. The molecule has 0 nitrogen and oxygen atoms in total. The summed E-state index contributed by atoms with van der Waals surface area (Å²) in [4.78, 5) is 0. The van der Waals surface area contributed by atoms with Gasteiger partial charge in [0.15, 0.2) is 0 Å². The molecule has 0 fully saturated rings. The topological polar surface area (TPSA) is 0 Å². The van der Waals surface area contributed by atoms with E-state index in [1.807, 2.05) is 0 Å². The van der Waals surface area contributed by atoms with Gasteiger partial charge in [-0.15, -0.1) is 0 Å². The van der Waals surface area contributed by atoms with Crippen molar-refractivity contribution >= 4 is 13.3 Å². The van der Waals surface area contributed by atoms with Crippen LogP contribution in [-0.4, -0.2) is 13.3 Å². The van der Waals surface area contributed by atoms with Crippen LogP contribution in [-0.2, 0) is 0 Å². The Labute approximate surface area is 48.0 Å². The minimum atomic E-state index is -1.08. The Hall–Kier alpha value is 0.283. The summed E-state index contributed by atoms with van der Waals surface area (Å²) in [5.41, 5.74) is 0. The molecule has 0 bridgehead atoms. The molecule has 7 heavy (non-hydrogen) atoms. The SMILES string of the molecule is [CH3][Ge]1([CH3])[CH2]C=C[CH2]1. The van der Waals surface area contributed by atoms with Crippen molar-refractivity contribution in [1.82, 2.24) is 0 Å². The second kappa shape index (κ2) is 1.66. The van der Waals surface area contributed by atoms with Gasteiger partial charge in [0, 0.05) is 0 Å². The zero-order valence-electron chi connectivity index (χ0n) is 5.07. The van der Waals surface area contributed by atoms with Crippen molar-refractivity contribution in [3.8, 4) is 0 Å². The van der Waals surface area contributed by atoms with E-state index < -0.39 is 13.3 Å². The first kappa shape index (κ1) is 5.42. The van der Waals surface area contributed by atoms with Crippen LogP contribution in [0, 0.1) is 0 Å². The third kappa shape index (κ3) is 1.34. The molecule has 1 rings (SSSR count). The molecule has 1 heteroatoms. The Morgan fingerprint density at radius 2 is 1.57 bits per heavy atom. The molecular formula is C6H12Ge.